The summed E-state index contributed by atoms with van der Waals surface area (Å²) in [6, 6.07) is 0. The zero-order chi connectivity index (χ0) is 19.1. The summed E-state index contributed by atoms with van der Waals surface area (Å²) >= 11 is 0. The number of aliphatic hydroxyl groups excluding tert-OH is 3. The van der Waals surface area contributed by atoms with Crippen molar-refractivity contribution in [3.63, 3.8) is 0 Å². The van der Waals surface area contributed by atoms with Crippen LogP contribution < -0.4 is 0 Å². The molecule has 0 radical (unpaired) electrons. The lowest BCUT2D eigenvalue weighted by Crippen LogP contribution is -2.44. The van der Waals surface area contributed by atoms with Crippen molar-refractivity contribution in [2.45, 2.75) is 83.5 Å². The summed E-state index contributed by atoms with van der Waals surface area (Å²) in [5.74, 6) is 1.05. The maximum absolute atomic E-state index is 12.7. The molecule has 0 aromatic heterocycles. The van der Waals surface area contributed by atoms with Gasteiger partial charge in [-0.1, -0.05) is 52.0 Å². The number of carbonyl (C=O) groups excluding carboxylic acids is 1. The van der Waals surface area contributed by atoms with Crippen LogP contribution in [0, 0.1) is 11.8 Å². The van der Waals surface area contributed by atoms with Gasteiger partial charge in [0.25, 0.3) is 0 Å². The van der Waals surface area contributed by atoms with Crippen molar-refractivity contribution in [3.8, 4) is 0 Å². The fraction of sp³-hybridized carbons (Fsp3) is 0.762. The number of hydrogen-bond donors (Lipinski definition) is 3. The number of unbranched alkanes of at least 4 members (excludes halogenated alkanes) is 3. The van der Waals surface area contributed by atoms with Crippen LogP contribution in [0.25, 0.3) is 0 Å². The molecule has 1 aliphatic heterocycles. The van der Waals surface area contributed by atoms with Gasteiger partial charge in [0.1, 0.15) is 18.0 Å². The molecule has 0 saturated heterocycles. The molecule has 5 atom stereocenters. The predicted octanol–water partition coefficient (Wildman–Crippen LogP) is 2.89. The highest BCUT2D eigenvalue weighted by molar-refractivity contribution is 6.00. The standard InChI is InChI=1S/C21H34O5/c1-3-5-7-9-15-11-17(23)16(10-14(15)8-6-4-2)19-12-18(24)21(25)20(13-22)26-19/h10,12,14-15,18,20-22,24-25H,3-9,11,13H2,1-2H3. The van der Waals surface area contributed by atoms with Gasteiger partial charge in [0.05, 0.1) is 12.2 Å². The zero-order valence-electron chi connectivity index (χ0n) is 16.1. The van der Waals surface area contributed by atoms with E-state index in [2.05, 4.69) is 13.8 Å². The molecule has 3 N–H and O–H groups in total. The fourth-order valence-electron chi connectivity index (χ4n) is 3.94. The van der Waals surface area contributed by atoms with Crippen LogP contribution in [0.5, 0.6) is 0 Å². The topological polar surface area (TPSA) is 87.0 Å². The molecule has 148 valence electrons. The SMILES string of the molecule is CCCCCC1CC(=O)C(C2=CC(O)C(O)C(CO)O2)=CC1CCCC. The Bertz CT molecular complexity index is 524. The van der Waals surface area contributed by atoms with E-state index in [1.54, 1.807) is 0 Å². The quantitative estimate of drug-likeness (QED) is 0.546. The van der Waals surface area contributed by atoms with Crippen LogP contribution in [-0.4, -0.2) is 46.0 Å². The van der Waals surface area contributed by atoms with Crippen molar-refractivity contribution < 1.29 is 24.9 Å². The Hall–Kier alpha value is -1.17. The largest absolute Gasteiger partial charge is 0.485 e. The van der Waals surface area contributed by atoms with Crippen molar-refractivity contribution in [3.05, 3.63) is 23.5 Å². The van der Waals surface area contributed by atoms with E-state index in [4.69, 9.17) is 4.74 Å². The molecule has 1 heterocycles. The Morgan fingerprint density at radius 2 is 1.81 bits per heavy atom. The van der Waals surface area contributed by atoms with Gasteiger partial charge in [-0.2, -0.15) is 0 Å². The number of rotatable bonds is 9. The molecule has 0 fully saturated rings. The fourth-order valence-corrected chi connectivity index (χ4v) is 3.94. The Labute approximate surface area is 156 Å². The first-order valence-corrected chi connectivity index (χ1v) is 10.1. The highest BCUT2D eigenvalue weighted by Crippen LogP contribution is 2.37. The number of ether oxygens (including phenoxy) is 1. The van der Waals surface area contributed by atoms with Gasteiger partial charge < -0.3 is 20.1 Å². The minimum atomic E-state index is -1.18. The number of ketones is 1. The average molecular weight is 366 g/mol. The number of hydrogen-bond acceptors (Lipinski definition) is 5. The van der Waals surface area contributed by atoms with Crippen LogP contribution >= 0.6 is 0 Å². The third-order valence-corrected chi connectivity index (χ3v) is 5.58. The maximum Gasteiger partial charge on any atom is 0.166 e. The van der Waals surface area contributed by atoms with E-state index in [0.717, 1.165) is 32.1 Å². The molecule has 0 amide bonds. The van der Waals surface area contributed by atoms with Gasteiger partial charge in [-0.15, -0.1) is 0 Å². The van der Waals surface area contributed by atoms with E-state index in [9.17, 15) is 20.1 Å². The molecular formula is C21H34O5. The number of carbonyl (C=O) groups is 1. The van der Waals surface area contributed by atoms with E-state index in [1.807, 2.05) is 6.08 Å². The smallest absolute Gasteiger partial charge is 0.166 e. The van der Waals surface area contributed by atoms with Gasteiger partial charge in [0, 0.05) is 6.42 Å². The summed E-state index contributed by atoms with van der Waals surface area (Å²) in [5, 5.41) is 29.2. The summed E-state index contributed by atoms with van der Waals surface area (Å²) in [6.07, 6.45) is 8.56. The van der Waals surface area contributed by atoms with Gasteiger partial charge in [0.15, 0.2) is 11.9 Å². The van der Waals surface area contributed by atoms with Gasteiger partial charge >= 0.3 is 0 Å². The van der Waals surface area contributed by atoms with Crippen LogP contribution in [0.2, 0.25) is 0 Å². The van der Waals surface area contributed by atoms with Gasteiger partial charge in [-0.25, -0.2) is 0 Å². The Balaban J connectivity index is 2.20. The first-order valence-electron chi connectivity index (χ1n) is 10.1. The monoisotopic (exact) mass is 366 g/mol. The van der Waals surface area contributed by atoms with Gasteiger partial charge in [0.2, 0.25) is 0 Å². The second-order valence-electron chi connectivity index (χ2n) is 7.62. The van der Waals surface area contributed by atoms with E-state index < -0.39 is 24.9 Å². The highest BCUT2D eigenvalue weighted by Gasteiger charge is 2.37. The summed E-state index contributed by atoms with van der Waals surface area (Å²) in [4.78, 5) is 12.7. The predicted molar refractivity (Wildman–Crippen MR) is 100 cm³/mol. The van der Waals surface area contributed by atoms with E-state index in [1.165, 1.54) is 18.9 Å². The molecule has 0 aromatic carbocycles. The molecule has 5 unspecified atom stereocenters. The lowest BCUT2D eigenvalue weighted by atomic mass is 9.74. The van der Waals surface area contributed by atoms with Crippen LogP contribution in [0.1, 0.15) is 65.2 Å². The first kappa shape index (κ1) is 21.1. The molecule has 0 spiro atoms. The van der Waals surface area contributed by atoms with Crippen molar-refractivity contribution >= 4 is 5.78 Å². The molecule has 0 bridgehead atoms. The molecule has 0 aromatic rings. The minimum Gasteiger partial charge on any atom is -0.485 e. The van der Waals surface area contributed by atoms with E-state index in [-0.39, 0.29) is 5.78 Å². The van der Waals surface area contributed by atoms with Crippen LogP contribution in [-0.2, 0) is 9.53 Å². The molecule has 0 saturated carbocycles. The lowest BCUT2D eigenvalue weighted by molar-refractivity contribution is -0.119. The summed E-state index contributed by atoms with van der Waals surface area (Å²) < 4.78 is 5.63. The summed E-state index contributed by atoms with van der Waals surface area (Å²) in [7, 11) is 0. The van der Waals surface area contributed by atoms with Gasteiger partial charge in [-0.05, 0) is 30.8 Å². The number of aliphatic hydroxyl groups is 3. The second-order valence-corrected chi connectivity index (χ2v) is 7.62. The van der Waals surface area contributed by atoms with Crippen molar-refractivity contribution in [1.29, 1.82) is 0 Å². The first-order chi connectivity index (χ1) is 12.5. The Kier molecular flexibility index (Phi) is 8.32. The summed E-state index contributed by atoms with van der Waals surface area (Å²) in [6.45, 7) is 3.94. The third-order valence-electron chi connectivity index (χ3n) is 5.58. The van der Waals surface area contributed by atoms with E-state index in [0.29, 0.717) is 29.6 Å². The van der Waals surface area contributed by atoms with Crippen molar-refractivity contribution in [2.24, 2.45) is 11.8 Å². The second kappa shape index (κ2) is 10.2. The summed E-state index contributed by atoms with van der Waals surface area (Å²) in [5.41, 5.74) is 0.502. The molecule has 2 rings (SSSR count). The molecular weight excluding hydrogens is 332 g/mol. The van der Waals surface area contributed by atoms with Crippen molar-refractivity contribution in [1.82, 2.24) is 0 Å². The Morgan fingerprint density at radius 1 is 1.08 bits per heavy atom. The number of Topliss-reactive ketones (excluding diaryl/α,β-unsaturated/α-hetero) is 1. The van der Waals surface area contributed by atoms with Crippen LogP contribution in [0.3, 0.4) is 0 Å². The molecule has 1 aliphatic carbocycles. The maximum atomic E-state index is 12.7. The van der Waals surface area contributed by atoms with Crippen LogP contribution in [0.15, 0.2) is 23.5 Å². The van der Waals surface area contributed by atoms with Crippen LogP contribution in [0.4, 0.5) is 0 Å². The molecule has 26 heavy (non-hydrogen) atoms. The van der Waals surface area contributed by atoms with Gasteiger partial charge in [-0.3, -0.25) is 4.79 Å². The molecule has 2 aliphatic rings. The Morgan fingerprint density at radius 3 is 2.46 bits per heavy atom. The average Bonchev–Trinajstić information content (AvgIpc) is 2.63. The van der Waals surface area contributed by atoms with Crippen molar-refractivity contribution in [2.75, 3.05) is 6.61 Å². The van der Waals surface area contributed by atoms with E-state index >= 15 is 0 Å². The lowest BCUT2D eigenvalue weighted by Gasteiger charge is -2.35. The minimum absolute atomic E-state index is 0.0331. The normalized spacial score (nSPS) is 32.0. The zero-order valence-corrected chi connectivity index (χ0v) is 16.1. The third kappa shape index (κ3) is 5.18. The highest BCUT2D eigenvalue weighted by atomic mass is 16.5. The molecule has 5 heteroatoms. The number of allylic oxidation sites excluding steroid dienone is 2. The molecule has 5 nitrogen and oxygen atoms in total.